The first-order valence-corrected chi connectivity index (χ1v) is 9.61. The van der Waals surface area contributed by atoms with Gasteiger partial charge in [-0.2, -0.15) is 4.31 Å². The highest BCUT2D eigenvalue weighted by atomic mass is 32.2. The summed E-state index contributed by atoms with van der Waals surface area (Å²) in [5, 5.41) is 0.255. The molecule has 2 rings (SSSR count). The van der Waals surface area contributed by atoms with Crippen molar-refractivity contribution in [3.05, 3.63) is 24.2 Å². The third kappa shape index (κ3) is 4.49. The Morgan fingerprint density at radius 3 is 2.90 bits per heavy atom. The van der Waals surface area contributed by atoms with Gasteiger partial charge >= 0.3 is 0 Å². The smallest absolute Gasteiger partial charge is 0.237 e. The Morgan fingerprint density at radius 2 is 2.29 bits per heavy atom. The first-order valence-electron chi connectivity index (χ1n) is 6.72. The number of thioether (sulfide) groups is 1. The molecule has 8 heteroatoms. The fourth-order valence-corrected chi connectivity index (χ4v) is 3.66. The molecular weight excluding hydrogens is 312 g/mol. The summed E-state index contributed by atoms with van der Waals surface area (Å²) in [6.07, 6.45) is 3.57. The summed E-state index contributed by atoms with van der Waals surface area (Å²) in [6, 6.07) is 3.82. The van der Waals surface area contributed by atoms with Gasteiger partial charge in [-0.25, -0.2) is 8.42 Å². The van der Waals surface area contributed by atoms with Crippen LogP contribution in [0.3, 0.4) is 0 Å². The molecule has 2 heterocycles. The lowest BCUT2D eigenvalue weighted by Gasteiger charge is -2.23. The summed E-state index contributed by atoms with van der Waals surface area (Å²) in [4.78, 5) is 13.9. The molecule has 0 bridgehead atoms. The summed E-state index contributed by atoms with van der Waals surface area (Å²) >= 11 is 1.77. The molecule has 0 unspecified atom stereocenters. The van der Waals surface area contributed by atoms with Crippen molar-refractivity contribution in [1.82, 2.24) is 9.21 Å². The maximum atomic E-state index is 12.2. The Bertz CT molecular complexity index is 571. The number of amides is 1. The van der Waals surface area contributed by atoms with Crippen molar-refractivity contribution in [2.75, 3.05) is 38.7 Å². The molecule has 1 aromatic rings. The predicted octanol–water partition coefficient (Wildman–Crippen LogP) is 1.18. The van der Waals surface area contributed by atoms with Gasteiger partial charge in [0.05, 0.1) is 24.3 Å². The summed E-state index contributed by atoms with van der Waals surface area (Å²) in [5.74, 6) is 1.60. The normalized spacial score (nSPS) is 20.5. The molecule has 0 saturated carbocycles. The highest BCUT2D eigenvalue weighted by Crippen LogP contribution is 2.34. The lowest BCUT2D eigenvalue weighted by atomic mass is 10.2. The van der Waals surface area contributed by atoms with Crippen molar-refractivity contribution in [3.8, 4) is 0 Å². The highest BCUT2D eigenvalue weighted by molar-refractivity contribution is 7.99. The second-order valence-corrected chi connectivity index (χ2v) is 8.46. The van der Waals surface area contributed by atoms with E-state index in [9.17, 15) is 13.2 Å². The van der Waals surface area contributed by atoms with Crippen molar-refractivity contribution in [2.45, 2.75) is 11.7 Å². The lowest BCUT2D eigenvalue weighted by Crippen LogP contribution is -2.41. The minimum absolute atomic E-state index is 0.102. The SMILES string of the molecule is CN(CC(=O)N1CCS[C@@H](c2ccco2)CC1)S(C)(=O)=O. The number of nitrogens with zero attached hydrogens (tertiary/aromatic N) is 2. The van der Waals surface area contributed by atoms with Crippen LogP contribution in [0.4, 0.5) is 0 Å². The fraction of sp³-hybridized carbons (Fsp3) is 0.615. The molecule has 0 spiro atoms. The van der Waals surface area contributed by atoms with Crippen LogP contribution in [-0.2, 0) is 14.8 Å². The quantitative estimate of drug-likeness (QED) is 0.828. The predicted molar refractivity (Wildman–Crippen MR) is 82.6 cm³/mol. The number of hydrogen-bond acceptors (Lipinski definition) is 5. The van der Waals surface area contributed by atoms with E-state index >= 15 is 0 Å². The molecule has 1 fully saturated rings. The van der Waals surface area contributed by atoms with E-state index in [1.807, 2.05) is 12.1 Å². The molecule has 1 amide bonds. The molecule has 118 valence electrons. The van der Waals surface area contributed by atoms with Crippen LogP contribution >= 0.6 is 11.8 Å². The van der Waals surface area contributed by atoms with E-state index in [2.05, 4.69) is 0 Å². The van der Waals surface area contributed by atoms with Crippen LogP contribution in [0.5, 0.6) is 0 Å². The molecule has 0 radical (unpaired) electrons. The molecule has 0 N–H and O–H groups in total. The molecule has 1 saturated heterocycles. The van der Waals surface area contributed by atoms with Crippen LogP contribution in [0.1, 0.15) is 17.4 Å². The highest BCUT2D eigenvalue weighted by Gasteiger charge is 2.25. The van der Waals surface area contributed by atoms with E-state index in [1.54, 1.807) is 22.9 Å². The number of carbonyl (C=O) groups excluding carboxylic acids is 1. The van der Waals surface area contributed by atoms with E-state index < -0.39 is 10.0 Å². The maximum absolute atomic E-state index is 12.2. The van der Waals surface area contributed by atoms with Gasteiger partial charge in [0.15, 0.2) is 0 Å². The van der Waals surface area contributed by atoms with Gasteiger partial charge in [-0.15, -0.1) is 11.8 Å². The monoisotopic (exact) mass is 332 g/mol. The third-order valence-electron chi connectivity index (χ3n) is 3.48. The summed E-state index contributed by atoms with van der Waals surface area (Å²) in [5.41, 5.74) is 0. The third-order valence-corrected chi connectivity index (χ3v) is 6.03. The van der Waals surface area contributed by atoms with Crippen LogP contribution < -0.4 is 0 Å². The van der Waals surface area contributed by atoms with Crippen LogP contribution in [0.2, 0.25) is 0 Å². The fourth-order valence-electron chi connectivity index (χ4n) is 2.13. The largest absolute Gasteiger partial charge is 0.468 e. The van der Waals surface area contributed by atoms with E-state index in [0.29, 0.717) is 13.1 Å². The number of likely N-dealkylation sites (N-methyl/N-ethyl adjacent to an activating group) is 1. The van der Waals surface area contributed by atoms with Gasteiger partial charge < -0.3 is 9.32 Å². The molecule has 6 nitrogen and oxygen atoms in total. The molecule has 0 aliphatic carbocycles. The van der Waals surface area contributed by atoms with Crippen molar-refractivity contribution in [1.29, 1.82) is 0 Å². The second-order valence-electron chi connectivity index (χ2n) is 5.06. The van der Waals surface area contributed by atoms with Gasteiger partial charge in [-0.3, -0.25) is 4.79 Å². The van der Waals surface area contributed by atoms with Crippen molar-refractivity contribution < 1.29 is 17.6 Å². The van der Waals surface area contributed by atoms with Crippen LogP contribution in [0, 0.1) is 0 Å². The van der Waals surface area contributed by atoms with Crippen molar-refractivity contribution >= 4 is 27.7 Å². The number of hydrogen-bond donors (Lipinski definition) is 0. The Hall–Kier alpha value is -0.990. The van der Waals surface area contributed by atoms with Gasteiger partial charge in [0.1, 0.15) is 5.76 Å². The molecular formula is C13H20N2O4S2. The average Bonchev–Trinajstić information content (AvgIpc) is 2.82. The maximum Gasteiger partial charge on any atom is 0.237 e. The standard InChI is InChI=1S/C13H20N2O4S2/c1-14(21(2,17)18)10-13(16)15-6-5-12(20-9-7-15)11-4-3-8-19-11/h3-4,8,12H,5-7,9-10H2,1-2H3/t12-/m1/s1. The summed E-state index contributed by atoms with van der Waals surface area (Å²) in [6.45, 7) is 1.15. The number of furan rings is 1. The molecule has 0 aromatic carbocycles. The first kappa shape index (κ1) is 16.4. The topological polar surface area (TPSA) is 70.8 Å². The Morgan fingerprint density at radius 1 is 1.52 bits per heavy atom. The van der Waals surface area contributed by atoms with E-state index in [0.717, 1.165) is 28.5 Å². The van der Waals surface area contributed by atoms with Crippen LogP contribution in [0.15, 0.2) is 22.8 Å². The summed E-state index contributed by atoms with van der Waals surface area (Å²) < 4.78 is 29.2. The van der Waals surface area contributed by atoms with Gasteiger partial charge in [0.2, 0.25) is 15.9 Å². The molecule has 1 aliphatic heterocycles. The van der Waals surface area contributed by atoms with Crippen LogP contribution in [0.25, 0.3) is 0 Å². The van der Waals surface area contributed by atoms with Gasteiger partial charge in [-0.05, 0) is 18.6 Å². The average molecular weight is 332 g/mol. The van der Waals surface area contributed by atoms with Gasteiger partial charge in [0.25, 0.3) is 0 Å². The van der Waals surface area contributed by atoms with Crippen molar-refractivity contribution in [3.63, 3.8) is 0 Å². The number of carbonyl (C=O) groups is 1. The molecule has 1 aliphatic rings. The van der Waals surface area contributed by atoms with Gasteiger partial charge in [-0.1, -0.05) is 0 Å². The zero-order chi connectivity index (χ0) is 15.5. The second kappa shape index (κ2) is 6.85. The Balaban J connectivity index is 1.92. The minimum atomic E-state index is -3.33. The molecule has 1 aromatic heterocycles. The minimum Gasteiger partial charge on any atom is -0.468 e. The summed E-state index contributed by atoms with van der Waals surface area (Å²) in [7, 11) is -1.90. The van der Waals surface area contributed by atoms with E-state index in [-0.39, 0.29) is 17.7 Å². The van der Waals surface area contributed by atoms with Crippen molar-refractivity contribution in [2.24, 2.45) is 0 Å². The zero-order valence-corrected chi connectivity index (χ0v) is 13.8. The van der Waals surface area contributed by atoms with E-state index in [4.69, 9.17) is 4.42 Å². The Kier molecular flexibility index (Phi) is 5.34. The zero-order valence-electron chi connectivity index (χ0n) is 12.2. The molecule has 1 atom stereocenters. The lowest BCUT2D eigenvalue weighted by molar-refractivity contribution is -0.131. The van der Waals surface area contributed by atoms with Crippen LogP contribution in [-0.4, -0.2) is 62.2 Å². The number of rotatable bonds is 4. The Labute approximate surface area is 129 Å². The first-order chi connectivity index (χ1) is 9.88. The number of sulfonamides is 1. The molecule has 21 heavy (non-hydrogen) atoms. The van der Waals surface area contributed by atoms with Gasteiger partial charge in [0, 0.05) is 25.9 Å². The van der Waals surface area contributed by atoms with E-state index in [1.165, 1.54) is 7.05 Å².